The molecule has 0 aromatic carbocycles. The van der Waals surface area contributed by atoms with Crippen LogP contribution in [0.1, 0.15) is 47.0 Å². The normalized spacial score (nSPS) is 29.5. The smallest absolute Gasteiger partial charge is 0.0589 e. The Morgan fingerprint density at radius 3 is 2.39 bits per heavy atom. The highest BCUT2D eigenvalue weighted by Gasteiger charge is 2.34. The molecule has 0 bridgehead atoms. The second-order valence-electron chi connectivity index (χ2n) is 6.37. The molecule has 1 rings (SSSR count). The fourth-order valence-electron chi connectivity index (χ4n) is 3.19. The Morgan fingerprint density at radius 1 is 1.22 bits per heavy atom. The molecule has 3 heteroatoms. The van der Waals surface area contributed by atoms with Crippen LogP contribution in [-0.2, 0) is 4.74 Å². The zero-order valence-corrected chi connectivity index (χ0v) is 12.9. The molecule has 0 saturated heterocycles. The quantitative estimate of drug-likeness (QED) is 0.793. The molecule has 1 fully saturated rings. The summed E-state index contributed by atoms with van der Waals surface area (Å²) in [7, 11) is 1.77. The number of nitrogens with two attached hydrogens (primary N) is 1. The topological polar surface area (TPSA) is 38.5 Å². The fourth-order valence-corrected chi connectivity index (χ4v) is 3.19. The van der Waals surface area contributed by atoms with Gasteiger partial charge >= 0.3 is 0 Å². The molecule has 3 unspecified atom stereocenters. The predicted molar refractivity (Wildman–Crippen MR) is 77.7 cm³/mol. The highest BCUT2D eigenvalue weighted by Crippen LogP contribution is 2.32. The van der Waals surface area contributed by atoms with Crippen molar-refractivity contribution in [2.45, 2.75) is 65.1 Å². The Bertz CT molecular complexity index is 231. The lowest BCUT2D eigenvalue weighted by molar-refractivity contribution is 0.0480. The molecule has 3 nitrogen and oxygen atoms in total. The van der Waals surface area contributed by atoms with Crippen LogP contribution in [0, 0.1) is 11.8 Å². The van der Waals surface area contributed by atoms with Crippen LogP contribution in [0.15, 0.2) is 0 Å². The summed E-state index contributed by atoms with van der Waals surface area (Å²) in [5, 5.41) is 0. The van der Waals surface area contributed by atoms with E-state index in [-0.39, 0.29) is 0 Å². The van der Waals surface area contributed by atoms with E-state index in [9.17, 15) is 0 Å². The summed E-state index contributed by atoms with van der Waals surface area (Å²) in [6.45, 7) is 11.0. The zero-order chi connectivity index (χ0) is 13.7. The van der Waals surface area contributed by atoms with Gasteiger partial charge in [0.25, 0.3) is 0 Å². The maximum Gasteiger partial charge on any atom is 0.0589 e. The minimum Gasteiger partial charge on any atom is -0.383 e. The molecule has 0 spiro atoms. The lowest BCUT2D eigenvalue weighted by atomic mass is 9.76. The average Bonchev–Trinajstić information content (AvgIpc) is 2.31. The minimum absolute atomic E-state index is 0.333. The van der Waals surface area contributed by atoms with Crippen molar-refractivity contribution >= 4 is 0 Å². The van der Waals surface area contributed by atoms with Crippen molar-refractivity contribution in [2.24, 2.45) is 17.6 Å². The second kappa shape index (κ2) is 7.46. The first-order valence-electron chi connectivity index (χ1n) is 7.47. The maximum atomic E-state index is 6.37. The van der Waals surface area contributed by atoms with Gasteiger partial charge in [0.05, 0.1) is 6.61 Å². The van der Waals surface area contributed by atoms with Gasteiger partial charge in [0.2, 0.25) is 0 Å². The molecule has 0 heterocycles. The first kappa shape index (κ1) is 15.9. The molecule has 0 aromatic heterocycles. The van der Waals surface area contributed by atoms with Crippen molar-refractivity contribution in [2.75, 3.05) is 20.3 Å². The van der Waals surface area contributed by atoms with Crippen molar-refractivity contribution in [3.63, 3.8) is 0 Å². The summed E-state index contributed by atoms with van der Waals surface area (Å²) >= 11 is 0. The van der Waals surface area contributed by atoms with Gasteiger partial charge in [-0.3, -0.25) is 4.90 Å². The standard InChI is InChI=1S/C15H32N2O/c1-11(2)13-6-7-14(16)15(10-13)17(12(3)4)8-9-18-5/h11-15H,6-10,16H2,1-5H3. The highest BCUT2D eigenvalue weighted by molar-refractivity contribution is 4.91. The fraction of sp³-hybridized carbons (Fsp3) is 1.00. The van der Waals surface area contributed by atoms with Gasteiger partial charge in [-0.15, -0.1) is 0 Å². The van der Waals surface area contributed by atoms with Crippen molar-refractivity contribution in [1.82, 2.24) is 4.90 Å². The molecule has 2 N–H and O–H groups in total. The molecule has 0 radical (unpaired) electrons. The third-order valence-electron chi connectivity index (χ3n) is 4.49. The van der Waals surface area contributed by atoms with Crippen LogP contribution < -0.4 is 5.73 Å². The molecule has 3 atom stereocenters. The Labute approximate surface area is 113 Å². The molecule has 0 aromatic rings. The lowest BCUT2D eigenvalue weighted by Crippen LogP contribution is -2.54. The SMILES string of the molecule is COCCN(C(C)C)C1CC(C(C)C)CCC1N. The van der Waals surface area contributed by atoms with Gasteiger partial charge < -0.3 is 10.5 Å². The molecule has 1 aliphatic carbocycles. The Hall–Kier alpha value is -0.120. The molecule has 108 valence electrons. The van der Waals surface area contributed by atoms with Crippen molar-refractivity contribution < 1.29 is 4.74 Å². The van der Waals surface area contributed by atoms with E-state index in [4.69, 9.17) is 10.5 Å². The molecule has 18 heavy (non-hydrogen) atoms. The molecular formula is C15H32N2O. The van der Waals surface area contributed by atoms with Gasteiger partial charge in [0.1, 0.15) is 0 Å². The van der Waals surface area contributed by atoms with Crippen molar-refractivity contribution in [3.05, 3.63) is 0 Å². The first-order chi connectivity index (χ1) is 8.47. The summed E-state index contributed by atoms with van der Waals surface area (Å²) in [4.78, 5) is 2.54. The molecule has 1 saturated carbocycles. The van der Waals surface area contributed by atoms with Crippen LogP contribution >= 0.6 is 0 Å². The van der Waals surface area contributed by atoms with E-state index < -0.39 is 0 Å². The van der Waals surface area contributed by atoms with E-state index >= 15 is 0 Å². The van der Waals surface area contributed by atoms with Crippen LogP contribution in [0.3, 0.4) is 0 Å². The summed E-state index contributed by atoms with van der Waals surface area (Å²) in [6.07, 6.45) is 3.72. The van der Waals surface area contributed by atoms with E-state index in [1.165, 1.54) is 19.3 Å². The molecule has 0 aliphatic heterocycles. The molecule has 1 aliphatic rings. The second-order valence-corrected chi connectivity index (χ2v) is 6.37. The average molecular weight is 256 g/mol. The maximum absolute atomic E-state index is 6.37. The van der Waals surface area contributed by atoms with E-state index in [0.29, 0.717) is 18.1 Å². The van der Waals surface area contributed by atoms with Crippen LogP contribution in [0.4, 0.5) is 0 Å². The molecule has 0 amide bonds. The van der Waals surface area contributed by atoms with Crippen LogP contribution in [-0.4, -0.2) is 43.3 Å². The number of nitrogens with zero attached hydrogens (tertiary/aromatic N) is 1. The number of ether oxygens (including phenoxy) is 1. The molecular weight excluding hydrogens is 224 g/mol. The van der Waals surface area contributed by atoms with Crippen molar-refractivity contribution in [3.8, 4) is 0 Å². The number of hydrogen-bond donors (Lipinski definition) is 1. The Balaban J connectivity index is 2.67. The van der Waals surface area contributed by atoms with E-state index in [1.807, 2.05) is 0 Å². The number of hydrogen-bond acceptors (Lipinski definition) is 3. The Kier molecular flexibility index (Phi) is 6.61. The van der Waals surface area contributed by atoms with Crippen LogP contribution in [0.5, 0.6) is 0 Å². The van der Waals surface area contributed by atoms with Gasteiger partial charge in [0.15, 0.2) is 0 Å². The van der Waals surface area contributed by atoms with E-state index in [1.54, 1.807) is 7.11 Å². The van der Waals surface area contributed by atoms with Crippen LogP contribution in [0.25, 0.3) is 0 Å². The predicted octanol–water partition coefficient (Wildman–Crippen LogP) is 2.50. The number of rotatable bonds is 6. The van der Waals surface area contributed by atoms with E-state index in [2.05, 4.69) is 32.6 Å². The van der Waals surface area contributed by atoms with E-state index in [0.717, 1.165) is 25.0 Å². The summed E-state index contributed by atoms with van der Waals surface area (Å²) < 4.78 is 5.24. The number of methoxy groups -OCH3 is 1. The van der Waals surface area contributed by atoms with Gasteiger partial charge in [-0.1, -0.05) is 13.8 Å². The van der Waals surface area contributed by atoms with Crippen molar-refractivity contribution in [1.29, 1.82) is 0 Å². The third kappa shape index (κ3) is 4.22. The lowest BCUT2D eigenvalue weighted by Gasteiger charge is -2.44. The third-order valence-corrected chi connectivity index (χ3v) is 4.49. The summed E-state index contributed by atoms with van der Waals surface area (Å²) in [6, 6.07) is 1.41. The summed E-state index contributed by atoms with van der Waals surface area (Å²) in [5.74, 6) is 1.61. The highest BCUT2D eigenvalue weighted by atomic mass is 16.5. The van der Waals surface area contributed by atoms with Gasteiger partial charge in [0, 0.05) is 31.8 Å². The Morgan fingerprint density at radius 2 is 1.89 bits per heavy atom. The largest absolute Gasteiger partial charge is 0.383 e. The summed E-state index contributed by atoms with van der Waals surface area (Å²) in [5.41, 5.74) is 6.37. The van der Waals surface area contributed by atoms with Gasteiger partial charge in [-0.2, -0.15) is 0 Å². The minimum atomic E-state index is 0.333. The zero-order valence-electron chi connectivity index (χ0n) is 12.9. The van der Waals surface area contributed by atoms with Crippen LogP contribution in [0.2, 0.25) is 0 Å². The monoisotopic (exact) mass is 256 g/mol. The van der Waals surface area contributed by atoms with Gasteiger partial charge in [-0.25, -0.2) is 0 Å². The van der Waals surface area contributed by atoms with Gasteiger partial charge in [-0.05, 0) is 44.9 Å². The first-order valence-corrected chi connectivity index (χ1v) is 7.47.